The van der Waals surface area contributed by atoms with E-state index in [4.69, 9.17) is 0 Å². The Hall–Kier alpha value is -1.42. The van der Waals surface area contributed by atoms with Crippen molar-refractivity contribution in [3.63, 3.8) is 0 Å². The molecule has 1 aromatic heterocycles. The number of carbonyl (C=O) groups is 1. The Morgan fingerprint density at radius 3 is 2.59 bits per heavy atom. The highest BCUT2D eigenvalue weighted by atomic mass is 16.2. The van der Waals surface area contributed by atoms with Crippen molar-refractivity contribution in [2.45, 2.75) is 33.4 Å². The zero-order chi connectivity index (χ0) is 12.7. The lowest BCUT2D eigenvalue weighted by Gasteiger charge is -2.20. The van der Waals surface area contributed by atoms with Crippen molar-refractivity contribution in [1.29, 1.82) is 0 Å². The molecule has 4 nitrogen and oxygen atoms in total. The summed E-state index contributed by atoms with van der Waals surface area (Å²) in [5.74, 6) is 0.0795. The topological polar surface area (TPSA) is 45.2 Å². The molecule has 0 saturated carbocycles. The lowest BCUT2D eigenvalue weighted by atomic mass is 10.2. The van der Waals surface area contributed by atoms with Gasteiger partial charge in [-0.15, -0.1) is 0 Å². The van der Waals surface area contributed by atoms with Gasteiger partial charge in [-0.3, -0.25) is 14.7 Å². The van der Waals surface area contributed by atoms with Crippen LogP contribution in [0.25, 0.3) is 0 Å². The molecule has 1 amide bonds. The summed E-state index contributed by atoms with van der Waals surface area (Å²) in [4.78, 5) is 17.7. The van der Waals surface area contributed by atoms with Crippen molar-refractivity contribution < 1.29 is 4.79 Å². The van der Waals surface area contributed by atoms with Gasteiger partial charge in [0, 0.05) is 25.0 Å². The van der Waals surface area contributed by atoms with Gasteiger partial charge >= 0.3 is 0 Å². The van der Waals surface area contributed by atoms with Gasteiger partial charge in [0.15, 0.2) is 0 Å². The first-order valence-corrected chi connectivity index (χ1v) is 6.02. The van der Waals surface area contributed by atoms with Crippen molar-refractivity contribution in [1.82, 2.24) is 15.2 Å². The number of likely N-dealkylation sites (N-methyl/N-ethyl adjacent to an activating group) is 1. The monoisotopic (exact) mass is 235 g/mol. The van der Waals surface area contributed by atoms with E-state index in [1.165, 1.54) is 5.56 Å². The third-order valence-corrected chi connectivity index (χ3v) is 2.42. The molecule has 0 bridgehead atoms. The Bertz CT molecular complexity index is 338. The van der Waals surface area contributed by atoms with Crippen LogP contribution < -0.4 is 5.32 Å². The first-order chi connectivity index (χ1) is 8.11. The van der Waals surface area contributed by atoms with Crippen LogP contribution in [0.1, 0.15) is 26.3 Å². The fourth-order valence-corrected chi connectivity index (χ4v) is 1.60. The SMILES string of the molecule is CCN(CC(=O)NC(C)C)Cc1ccncc1. The highest BCUT2D eigenvalue weighted by Gasteiger charge is 2.10. The number of amides is 1. The normalized spacial score (nSPS) is 10.9. The maximum Gasteiger partial charge on any atom is 0.234 e. The van der Waals surface area contributed by atoms with Gasteiger partial charge in [-0.05, 0) is 38.1 Å². The number of rotatable bonds is 6. The molecule has 0 atom stereocenters. The zero-order valence-electron chi connectivity index (χ0n) is 10.8. The van der Waals surface area contributed by atoms with E-state index < -0.39 is 0 Å². The molecule has 0 fully saturated rings. The third kappa shape index (κ3) is 5.45. The molecule has 0 unspecified atom stereocenters. The van der Waals surface area contributed by atoms with E-state index in [9.17, 15) is 4.79 Å². The molecule has 1 heterocycles. The van der Waals surface area contributed by atoms with Gasteiger partial charge in [0.2, 0.25) is 5.91 Å². The number of hydrogen-bond acceptors (Lipinski definition) is 3. The standard InChI is InChI=1S/C13H21N3O/c1-4-16(10-13(17)15-11(2)3)9-12-5-7-14-8-6-12/h5-8,11H,4,9-10H2,1-3H3,(H,15,17). The number of nitrogens with zero attached hydrogens (tertiary/aromatic N) is 2. The fraction of sp³-hybridized carbons (Fsp3) is 0.538. The van der Waals surface area contributed by atoms with Crippen molar-refractivity contribution in [2.75, 3.05) is 13.1 Å². The van der Waals surface area contributed by atoms with Gasteiger partial charge in [-0.25, -0.2) is 0 Å². The summed E-state index contributed by atoms with van der Waals surface area (Å²) in [7, 11) is 0. The number of hydrogen-bond donors (Lipinski definition) is 1. The second-order valence-corrected chi connectivity index (χ2v) is 4.38. The van der Waals surface area contributed by atoms with Crippen LogP contribution in [0.15, 0.2) is 24.5 Å². The molecule has 94 valence electrons. The highest BCUT2D eigenvalue weighted by molar-refractivity contribution is 5.78. The van der Waals surface area contributed by atoms with Gasteiger partial charge in [-0.2, -0.15) is 0 Å². The predicted octanol–water partition coefficient (Wildman–Crippen LogP) is 1.43. The summed E-state index contributed by atoms with van der Waals surface area (Å²) in [5.41, 5.74) is 1.18. The molecule has 1 aromatic rings. The molecule has 17 heavy (non-hydrogen) atoms. The molecule has 0 aliphatic heterocycles. The minimum absolute atomic E-state index is 0.0795. The highest BCUT2D eigenvalue weighted by Crippen LogP contribution is 2.02. The molecule has 0 saturated heterocycles. The number of pyridine rings is 1. The Kier molecular flexibility index (Phi) is 5.63. The average Bonchev–Trinajstić information content (AvgIpc) is 2.28. The first-order valence-electron chi connectivity index (χ1n) is 6.02. The van der Waals surface area contributed by atoms with Gasteiger partial charge in [0.1, 0.15) is 0 Å². The zero-order valence-corrected chi connectivity index (χ0v) is 10.8. The van der Waals surface area contributed by atoms with E-state index in [0.29, 0.717) is 6.54 Å². The Labute approximate surface area is 103 Å². The summed E-state index contributed by atoms with van der Waals surface area (Å²) in [5, 5.41) is 2.90. The summed E-state index contributed by atoms with van der Waals surface area (Å²) < 4.78 is 0. The summed E-state index contributed by atoms with van der Waals surface area (Å²) in [6.45, 7) is 8.08. The lowest BCUT2D eigenvalue weighted by molar-refractivity contribution is -0.122. The van der Waals surface area contributed by atoms with Crippen LogP contribution in [-0.2, 0) is 11.3 Å². The molecule has 1 N–H and O–H groups in total. The molecule has 0 spiro atoms. The Morgan fingerprint density at radius 1 is 1.41 bits per heavy atom. The van der Waals surface area contributed by atoms with Crippen LogP contribution in [0.5, 0.6) is 0 Å². The van der Waals surface area contributed by atoms with Gasteiger partial charge in [-0.1, -0.05) is 6.92 Å². The minimum Gasteiger partial charge on any atom is -0.353 e. The Morgan fingerprint density at radius 2 is 2.06 bits per heavy atom. The van der Waals surface area contributed by atoms with E-state index >= 15 is 0 Å². The number of carbonyl (C=O) groups excluding carboxylic acids is 1. The fourth-order valence-electron chi connectivity index (χ4n) is 1.60. The molecule has 1 rings (SSSR count). The van der Waals surface area contributed by atoms with Crippen LogP contribution >= 0.6 is 0 Å². The van der Waals surface area contributed by atoms with Crippen molar-refractivity contribution in [2.24, 2.45) is 0 Å². The Balaban J connectivity index is 2.46. The molecule has 0 aromatic carbocycles. The van der Waals surface area contributed by atoms with E-state index in [1.807, 2.05) is 26.0 Å². The van der Waals surface area contributed by atoms with Crippen LogP contribution in [-0.4, -0.2) is 34.9 Å². The van der Waals surface area contributed by atoms with Crippen LogP contribution in [0.2, 0.25) is 0 Å². The van der Waals surface area contributed by atoms with E-state index in [1.54, 1.807) is 12.4 Å². The van der Waals surface area contributed by atoms with Crippen molar-refractivity contribution in [3.05, 3.63) is 30.1 Å². The largest absolute Gasteiger partial charge is 0.353 e. The van der Waals surface area contributed by atoms with Crippen molar-refractivity contribution in [3.8, 4) is 0 Å². The van der Waals surface area contributed by atoms with Gasteiger partial charge < -0.3 is 5.32 Å². The van der Waals surface area contributed by atoms with Gasteiger partial charge in [0.05, 0.1) is 6.54 Å². The molecular formula is C13H21N3O. The lowest BCUT2D eigenvalue weighted by Crippen LogP contribution is -2.39. The third-order valence-electron chi connectivity index (χ3n) is 2.42. The smallest absolute Gasteiger partial charge is 0.234 e. The first kappa shape index (κ1) is 13.6. The van der Waals surface area contributed by atoms with E-state index in [2.05, 4.69) is 22.1 Å². The van der Waals surface area contributed by atoms with E-state index in [0.717, 1.165) is 13.1 Å². The van der Waals surface area contributed by atoms with Gasteiger partial charge in [0.25, 0.3) is 0 Å². The van der Waals surface area contributed by atoms with Crippen molar-refractivity contribution >= 4 is 5.91 Å². The predicted molar refractivity (Wildman–Crippen MR) is 68.5 cm³/mol. The van der Waals surface area contributed by atoms with E-state index in [-0.39, 0.29) is 11.9 Å². The number of aromatic nitrogens is 1. The average molecular weight is 235 g/mol. The second-order valence-electron chi connectivity index (χ2n) is 4.38. The maximum absolute atomic E-state index is 11.6. The summed E-state index contributed by atoms with van der Waals surface area (Å²) in [6.07, 6.45) is 3.55. The maximum atomic E-state index is 11.6. The molecular weight excluding hydrogens is 214 g/mol. The summed E-state index contributed by atoms with van der Waals surface area (Å²) in [6, 6.07) is 4.15. The number of nitrogens with one attached hydrogen (secondary N) is 1. The van der Waals surface area contributed by atoms with Crippen LogP contribution in [0.3, 0.4) is 0 Å². The van der Waals surface area contributed by atoms with Crippen LogP contribution in [0.4, 0.5) is 0 Å². The molecule has 4 heteroatoms. The quantitative estimate of drug-likeness (QED) is 0.811. The molecule has 0 radical (unpaired) electrons. The molecule has 0 aliphatic carbocycles. The summed E-state index contributed by atoms with van der Waals surface area (Å²) >= 11 is 0. The van der Waals surface area contributed by atoms with Crippen LogP contribution in [0, 0.1) is 0 Å². The second kappa shape index (κ2) is 7.01. The minimum atomic E-state index is 0.0795. The molecule has 0 aliphatic rings.